The zero-order chi connectivity index (χ0) is 11.4. The van der Waals surface area contributed by atoms with Crippen LogP contribution < -0.4 is 0 Å². The number of rotatable bonds is 0. The fraction of sp³-hybridized carbons (Fsp3) is 0.867. The zero-order valence-electron chi connectivity index (χ0n) is 10.9. The number of nitrogens with zero attached hydrogens (tertiary/aromatic N) is 2. The van der Waals surface area contributed by atoms with Crippen LogP contribution in [-0.2, 0) is 0 Å². The van der Waals surface area contributed by atoms with Gasteiger partial charge in [-0.15, -0.1) is 0 Å². The first-order valence-electron chi connectivity index (χ1n) is 7.48. The summed E-state index contributed by atoms with van der Waals surface area (Å²) in [6, 6.07) is 1.61. The molecule has 0 radical (unpaired) electrons. The van der Waals surface area contributed by atoms with Crippen LogP contribution in [0.25, 0.3) is 0 Å². The van der Waals surface area contributed by atoms with E-state index in [-0.39, 0.29) is 0 Å². The second-order valence-corrected chi connectivity index (χ2v) is 6.63. The van der Waals surface area contributed by atoms with E-state index in [1.807, 2.05) is 0 Å². The summed E-state index contributed by atoms with van der Waals surface area (Å²) >= 11 is 0. The third kappa shape index (κ3) is 1.53. The Hall–Kier alpha value is -0.340. The molecule has 1 aliphatic carbocycles. The molecule has 4 aliphatic rings. The van der Waals surface area contributed by atoms with E-state index in [9.17, 15) is 0 Å². The van der Waals surface area contributed by atoms with Crippen LogP contribution >= 0.6 is 0 Å². The molecule has 3 heterocycles. The molecule has 94 valence electrons. The number of allylic oxidation sites excluding steroid dienone is 1. The molecule has 4 rings (SSSR count). The van der Waals surface area contributed by atoms with Crippen molar-refractivity contribution in [1.29, 1.82) is 0 Å². The van der Waals surface area contributed by atoms with E-state index in [1.165, 1.54) is 51.7 Å². The van der Waals surface area contributed by atoms with Gasteiger partial charge in [0.2, 0.25) is 0 Å². The van der Waals surface area contributed by atoms with Gasteiger partial charge < -0.3 is 0 Å². The van der Waals surface area contributed by atoms with Crippen molar-refractivity contribution in [2.75, 3.05) is 26.7 Å². The van der Waals surface area contributed by atoms with Crippen LogP contribution in [0.1, 0.15) is 32.1 Å². The second-order valence-electron chi connectivity index (χ2n) is 6.63. The number of fused-ring (bicyclic) bond motifs is 8. The lowest BCUT2D eigenvalue weighted by Crippen LogP contribution is -2.61. The summed E-state index contributed by atoms with van der Waals surface area (Å²) in [4.78, 5) is 5.45. The molecule has 0 N–H and O–H groups in total. The first kappa shape index (κ1) is 10.6. The molecule has 0 saturated carbocycles. The van der Waals surface area contributed by atoms with Crippen molar-refractivity contribution in [3.63, 3.8) is 0 Å². The number of hydrogen-bond donors (Lipinski definition) is 0. The summed E-state index contributed by atoms with van der Waals surface area (Å²) in [5.74, 6) is 1.91. The second kappa shape index (κ2) is 3.83. The highest BCUT2D eigenvalue weighted by molar-refractivity contribution is 5.25. The lowest BCUT2D eigenvalue weighted by Gasteiger charge is -2.55. The predicted octanol–water partition coefficient (Wildman–Crippen LogP) is 2.12. The van der Waals surface area contributed by atoms with Crippen LogP contribution in [0.4, 0.5) is 0 Å². The number of likely N-dealkylation sites (N-methyl/N-ethyl adjacent to an activating group) is 1. The Morgan fingerprint density at radius 2 is 2.18 bits per heavy atom. The van der Waals surface area contributed by atoms with Gasteiger partial charge in [-0.3, -0.25) is 9.80 Å². The molecule has 2 nitrogen and oxygen atoms in total. The number of hydrogen-bond acceptors (Lipinski definition) is 2. The molecule has 3 fully saturated rings. The van der Waals surface area contributed by atoms with Gasteiger partial charge in [0.1, 0.15) is 0 Å². The monoisotopic (exact) mass is 232 g/mol. The third-order valence-electron chi connectivity index (χ3n) is 5.70. The topological polar surface area (TPSA) is 6.48 Å². The Bertz CT molecular complexity index is 349. The van der Waals surface area contributed by atoms with E-state index in [0.717, 1.165) is 23.9 Å². The third-order valence-corrected chi connectivity index (χ3v) is 5.70. The maximum absolute atomic E-state index is 2.82. The maximum Gasteiger partial charge on any atom is 0.0460 e. The average molecular weight is 232 g/mol. The van der Waals surface area contributed by atoms with E-state index in [4.69, 9.17) is 0 Å². The van der Waals surface area contributed by atoms with Gasteiger partial charge in [-0.05, 0) is 64.1 Å². The standard InChI is InChI=1S/C15H24N2/c1-16-6-2-4-11-8-13-9-14(15(11)16)17-7-3-5-12(13)10-17/h8,12-15H,2-7,9-10H2,1H3/t12-,13+,14-,15+/m0/s1. The van der Waals surface area contributed by atoms with Crippen LogP contribution in [0.3, 0.4) is 0 Å². The molecule has 2 heteroatoms. The van der Waals surface area contributed by atoms with E-state index in [1.54, 1.807) is 5.57 Å². The van der Waals surface area contributed by atoms with Gasteiger partial charge in [-0.25, -0.2) is 0 Å². The molecule has 0 spiro atoms. The van der Waals surface area contributed by atoms with E-state index in [2.05, 4.69) is 22.9 Å². The Balaban J connectivity index is 1.73. The van der Waals surface area contributed by atoms with Crippen molar-refractivity contribution >= 4 is 0 Å². The molecule has 0 aromatic carbocycles. The highest BCUT2D eigenvalue weighted by Gasteiger charge is 2.46. The minimum atomic E-state index is 0.763. The average Bonchev–Trinajstić information content (AvgIpc) is 2.37. The Kier molecular flexibility index (Phi) is 2.38. The number of piperidine rings is 3. The molecule has 3 saturated heterocycles. The van der Waals surface area contributed by atoms with Crippen LogP contribution in [0.5, 0.6) is 0 Å². The zero-order valence-corrected chi connectivity index (χ0v) is 10.9. The van der Waals surface area contributed by atoms with E-state index < -0.39 is 0 Å². The minimum absolute atomic E-state index is 0.763. The lowest BCUT2D eigenvalue weighted by atomic mass is 9.68. The molecule has 5 atom stereocenters. The largest absolute Gasteiger partial charge is 0.298 e. The maximum atomic E-state index is 2.82. The molecule has 1 unspecified atom stereocenters. The van der Waals surface area contributed by atoms with Gasteiger partial charge in [0.15, 0.2) is 0 Å². The first-order chi connectivity index (χ1) is 8.33. The fourth-order valence-corrected chi connectivity index (χ4v) is 4.94. The van der Waals surface area contributed by atoms with Crippen LogP contribution in [0.2, 0.25) is 0 Å². The molecule has 0 amide bonds. The summed E-state index contributed by atoms with van der Waals surface area (Å²) in [7, 11) is 2.34. The smallest absolute Gasteiger partial charge is 0.0460 e. The summed E-state index contributed by atoms with van der Waals surface area (Å²) < 4.78 is 0. The van der Waals surface area contributed by atoms with Crippen molar-refractivity contribution in [2.45, 2.75) is 44.2 Å². The van der Waals surface area contributed by atoms with Crippen molar-refractivity contribution in [3.8, 4) is 0 Å². The van der Waals surface area contributed by atoms with Gasteiger partial charge in [-0.1, -0.05) is 11.6 Å². The predicted molar refractivity (Wildman–Crippen MR) is 69.9 cm³/mol. The molecule has 17 heavy (non-hydrogen) atoms. The first-order valence-corrected chi connectivity index (χ1v) is 7.48. The van der Waals surface area contributed by atoms with E-state index >= 15 is 0 Å². The quantitative estimate of drug-likeness (QED) is 0.590. The normalized spacial score (nSPS) is 49.5. The molecule has 0 aromatic rings. The molecule has 4 bridgehead atoms. The summed E-state index contributed by atoms with van der Waals surface area (Å²) in [5.41, 5.74) is 1.79. The number of likely N-dealkylation sites (tertiary alicyclic amines) is 1. The van der Waals surface area contributed by atoms with Crippen LogP contribution in [0, 0.1) is 11.8 Å². The molecule has 0 aromatic heterocycles. The summed E-state index contributed by atoms with van der Waals surface area (Å²) in [6.45, 7) is 4.06. The van der Waals surface area contributed by atoms with Gasteiger partial charge in [-0.2, -0.15) is 0 Å². The summed E-state index contributed by atoms with van der Waals surface area (Å²) in [5, 5.41) is 0. The fourth-order valence-electron chi connectivity index (χ4n) is 4.94. The van der Waals surface area contributed by atoms with Gasteiger partial charge in [0.25, 0.3) is 0 Å². The minimum Gasteiger partial charge on any atom is -0.298 e. The van der Waals surface area contributed by atoms with Gasteiger partial charge >= 0.3 is 0 Å². The molecular formula is C15H24N2. The van der Waals surface area contributed by atoms with Crippen molar-refractivity contribution in [1.82, 2.24) is 9.80 Å². The van der Waals surface area contributed by atoms with Gasteiger partial charge in [0, 0.05) is 18.6 Å². The van der Waals surface area contributed by atoms with Crippen molar-refractivity contribution in [2.24, 2.45) is 11.8 Å². The van der Waals surface area contributed by atoms with Crippen LogP contribution in [0.15, 0.2) is 11.6 Å². The molecule has 3 aliphatic heterocycles. The lowest BCUT2D eigenvalue weighted by molar-refractivity contribution is -0.00952. The highest BCUT2D eigenvalue weighted by atomic mass is 15.3. The molecular weight excluding hydrogens is 208 g/mol. The SMILES string of the molecule is CN1CCCC2=C[C@@H]3C[C@@H]([C@@H]21)N1CCC[C@H]3C1. The van der Waals surface area contributed by atoms with Crippen molar-refractivity contribution < 1.29 is 0 Å². The Labute approximate surface area is 105 Å². The van der Waals surface area contributed by atoms with Gasteiger partial charge in [0.05, 0.1) is 0 Å². The Morgan fingerprint density at radius 3 is 3.12 bits per heavy atom. The summed E-state index contributed by atoms with van der Waals surface area (Å²) in [6.07, 6.45) is 9.83. The van der Waals surface area contributed by atoms with Crippen molar-refractivity contribution in [3.05, 3.63) is 11.6 Å². The Morgan fingerprint density at radius 1 is 1.24 bits per heavy atom. The van der Waals surface area contributed by atoms with E-state index in [0.29, 0.717) is 0 Å². The highest BCUT2D eigenvalue weighted by Crippen LogP contribution is 2.44. The van der Waals surface area contributed by atoms with Crippen LogP contribution in [-0.4, -0.2) is 48.6 Å².